The summed E-state index contributed by atoms with van der Waals surface area (Å²) >= 11 is 0. The number of carbonyl (C=O) groups is 2. The van der Waals surface area contributed by atoms with Crippen molar-refractivity contribution < 1.29 is 34.4 Å². The van der Waals surface area contributed by atoms with Gasteiger partial charge < -0.3 is 24.8 Å². The highest BCUT2D eigenvalue weighted by Gasteiger charge is 2.28. The van der Waals surface area contributed by atoms with E-state index in [1.807, 2.05) is 31.2 Å². The first-order valence-corrected chi connectivity index (χ1v) is 9.79. The van der Waals surface area contributed by atoms with Crippen LogP contribution < -0.4 is 9.47 Å². The molecule has 2 atom stereocenters. The molecule has 3 N–H and O–H groups in total. The molecule has 1 aromatic carbocycles. The van der Waals surface area contributed by atoms with Gasteiger partial charge in [0.2, 0.25) is 0 Å². The fourth-order valence-corrected chi connectivity index (χ4v) is 3.12. The van der Waals surface area contributed by atoms with E-state index < -0.39 is 18.0 Å². The van der Waals surface area contributed by atoms with Gasteiger partial charge >= 0.3 is 11.9 Å². The quantitative estimate of drug-likeness (QED) is 0.533. The predicted octanol–water partition coefficient (Wildman–Crippen LogP) is 2.41. The van der Waals surface area contributed by atoms with E-state index in [9.17, 15) is 14.7 Å². The number of rotatable bonds is 9. The Bertz CT molecular complexity index is 646. The molecule has 0 saturated carbocycles. The first-order valence-electron chi connectivity index (χ1n) is 9.79. The Hall–Kier alpha value is -2.58. The van der Waals surface area contributed by atoms with E-state index in [-0.39, 0.29) is 6.04 Å². The van der Waals surface area contributed by atoms with Crippen LogP contribution in [0.1, 0.15) is 33.1 Å². The Morgan fingerprint density at radius 3 is 2.21 bits per heavy atom. The number of likely N-dealkylation sites (tertiary alicyclic amines) is 1. The number of aliphatic hydroxyl groups excluding tert-OH is 1. The highest BCUT2D eigenvalue weighted by Crippen LogP contribution is 2.27. The standard InChI is InChI=1S/C17H27NO3.C4H4O4/c1-3-18-12-8-7-9-14(18)15(19)13-21-17-11-6-5-10-16(17)20-4-2;5-3(6)1-2-4(7)8/h5-6,10-11,14-15,19H,3-4,7-9,12-13H2,1-2H3;1-2H,(H,5,6)(H,7,8). The number of hydrogen-bond donors (Lipinski definition) is 3. The molecule has 1 fully saturated rings. The van der Waals surface area contributed by atoms with Crippen molar-refractivity contribution in [3.05, 3.63) is 36.4 Å². The molecule has 1 heterocycles. The van der Waals surface area contributed by atoms with Gasteiger partial charge in [-0.1, -0.05) is 25.5 Å². The van der Waals surface area contributed by atoms with Crippen LogP contribution in [0.3, 0.4) is 0 Å². The van der Waals surface area contributed by atoms with E-state index in [2.05, 4.69) is 11.8 Å². The average molecular weight is 409 g/mol. The summed E-state index contributed by atoms with van der Waals surface area (Å²) in [5.74, 6) is -1.07. The minimum atomic E-state index is -1.26. The molecule has 0 spiro atoms. The maximum atomic E-state index is 10.5. The summed E-state index contributed by atoms with van der Waals surface area (Å²) in [7, 11) is 0. The third-order valence-corrected chi connectivity index (χ3v) is 4.44. The van der Waals surface area contributed by atoms with Crippen LogP contribution in [0, 0.1) is 0 Å². The minimum absolute atomic E-state index is 0.211. The van der Waals surface area contributed by atoms with Crippen LogP contribution in [0.25, 0.3) is 0 Å². The second-order valence-corrected chi connectivity index (χ2v) is 6.46. The molecule has 1 saturated heterocycles. The Morgan fingerprint density at radius 1 is 1.10 bits per heavy atom. The lowest BCUT2D eigenvalue weighted by Crippen LogP contribution is -2.48. The molecule has 162 valence electrons. The van der Waals surface area contributed by atoms with E-state index in [4.69, 9.17) is 19.7 Å². The van der Waals surface area contributed by atoms with Crippen LogP contribution in [0.5, 0.6) is 11.5 Å². The molecule has 0 aromatic heterocycles. The number of benzene rings is 1. The summed E-state index contributed by atoms with van der Waals surface area (Å²) in [6.07, 6.45) is 4.12. The molecule has 0 bridgehead atoms. The normalized spacial score (nSPS) is 17.8. The number of carboxylic acid groups (broad SMARTS) is 2. The van der Waals surface area contributed by atoms with Gasteiger partial charge in [-0.05, 0) is 45.0 Å². The Labute approximate surface area is 171 Å². The van der Waals surface area contributed by atoms with Crippen molar-refractivity contribution in [2.75, 3.05) is 26.3 Å². The van der Waals surface area contributed by atoms with E-state index in [1.54, 1.807) is 0 Å². The van der Waals surface area contributed by atoms with Crippen LogP contribution in [0.15, 0.2) is 36.4 Å². The lowest BCUT2D eigenvalue weighted by molar-refractivity contribution is -0.134. The topological polar surface area (TPSA) is 117 Å². The van der Waals surface area contributed by atoms with Gasteiger partial charge in [-0.25, -0.2) is 9.59 Å². The maximum Gasteiger partial charge on any atom is 0.328 e. The highest BCUT2D eigenvalue weighted by atomic mass is 16.5. The van der Waals surface area contributed by atoms with Crippen molar-refractivity contribution in [1.82, 2.24) is 4.90 Å². The molecule has 2 unspecified atom stereocenters. The number of likely N-dealkylation sites (N-methyl/N-ethyl adjacent to an activating group) is 1. The molecule has 0 aliphatic carbocycles. The summed E-state index contributed by atoms with van der Waals surface area (Å²) in [6.45, 7) is 7.08. The summed E-state index contributed by atoms with van der Waals surface area (Å²) in [5, 5.41) is 26.1. The average Bonchev–Trinajstić information content (AvgIpc) is 2.72. The van der Waals surface area contributed by atoms with Crippen molar-refractivity contribution in [3.63, 3.8) is 0 Å². The largest absolute Gasteiger partial charge is 0.490 e. The van der Waals surface area contributed by atoms with Gasteiger partial charge in [0.25, 0.3) is 0 Å². The number of piperidine rings is 1. The molecule has 0 amide bonds. The lowest BCUT2D eigenvalue weighted by atomic mass is 9.98. The van der Waals surface area contributed by atoms with Gasteiger partial charge in [0.1, 0.15) is 12.7 Å². The monoisotopic (exact) mass is 409 g/mol. The number of nitrogens with zero attached hydrogens (tertiary/aromatic N) is 1. The first kappa shape index (κ1) is 24.5. The van der Waals surface area contributed by atoms with E-state index in [0.717, 1.165) is 25.3 Å². The predicted molar refractivity (Wildman–Crippen MR) is 108 cm³/mol. The smallest absolute Gasteiger partial charge is 0.328 e. The first-order chi connectivity index (χ1) is 13.9. The Morgan fingerprint density at radius 2 is 1.69 bits per heavy atom. The van der Waals surface area contributed by atoms with Crippen molar-refractivity contribution in [3.8, 4) is 11.5 Å². The molecule has 1 aromatic rings. The van der Waals surface area contributed by atoms with Gasteiger partial charge in [-0.2, -0.15) is 0 Å². The molecule has 1 aliphatic rings. The molecule has 8 nitrogen and oxygen atoms in total. The van der Waals surface area contributed by atoms with Crippen molar-refractivity contribution in [2.24, 2.45) is 0 Å². The molecular formula is C21H31NO7. The molecule has 0 radical (unpaired) electrons. The van der Waals surface area contributed by atoms with Crippen LogP contribution in [-0.2, 0) is 9.59 Å². The summed E-state index contributed by atoms with van der Waals surface area (Å²) in [5.41, 5.74) is 0. The number of ether oxygens (including phenoxy) is 2. The van der Waals surface area contributed by atoms with Gasteiger partial charge in [0.05, 0.1) is 6.61 Å². The van der Waals surface area contributed by atoms with Gasteiger partial charge in [0, 0.05) is 18.2 Å². The Kier molecular flexibility index (Phi) is 11.4. The van der Waals surface area contributed by atoms with Crippen molar-refractivity contribution in [2.45, 2.75) is 45.3 Å². The SMILES string of the molecule is CCOc1ccccc1OCC(O)C1CCCCN1CC.O=C(O)C=CC(=O)O. The third-order valence-electron chi connectivity index (χ3n) is 4.44. The van der Waals surface area contributed by atoms with E-state index >= 15 is 0 Å². The second-order valence-electron chi connectivity index (χ2n) is 6.46. The molecule has 29 heavy (non-hydrogen) atoms. The Balaban J connectivity index is 0.000000447. The van der Waals surface area contributed by atoms with Crippen LogP contribution in [0.4, 0.5) is 0 Å². The second kappa shape index (κ2) is 13.6. The fourth-order valence-electron chi connectivity index (χ4n) is 3.12. The number of para-hydroxylation sites is 2. The molecular weight excluding hydrogens is 378 g/mol. The van der Waals surface area contributed by atoms with Crippen molar-refractivity contribution >= 4 is 11.9 Å². The van der Waals surface area contributed by atoms with E-state index in [1.165, 1.54) is 12.8 Å². The number of aliphatic carboxylic acids is 2. The minimum Gasteiger partial charge on any atom is -0.490 e. The number of aliphatic hydroxyl groups is 1. The summed E-state index contributed by atoms with van der Waals surface area (Å²) in [6, 6.07) is 7.83. The van der Waals surface area contributed by atoms with E-state index in [0.29, 0.717) is 31.1 Å². The zero-order valence-corrected chi connectivity index (χ0v) is 17.0. The summed E-state index contributed by atoms with van der Waals surface area (Å²) in [4.78, 5) is 21.5. The third kappa shape index (κ3) is 9.45. The van der Waals surface area contributed by atoms with Gasteiger partial charge in [0.15, 0.2) is 11.5 Å². The zero-order valence-electron chi connectivity index (χ0n) is 17.0. The summed E-state index contributed by atoms with van der Waals surface area (Å²) < 4.78 is 11.3. The van der Waals surface area contributed by atoms with Crippen molar-refractivity contribution in [1.29, 1.82) is 0 Å². The van der Waals surface area contributed by atoms with Crippen LogP contribution >= 0.6 is 0 Å². The number of hydrogen-bond acceptors (Lipinski definition) is 6. The van der Waals surface area contributed by atoms with Gasteiger partial charge in [-0.15, -0.1) is 0 Å². The molecule has 2 rings (SSSR count). The lowest BCUT2D eigenvalue weighted by Gasteiger charge is -2.37. The fraction of sp³-hybridized carbons (Fsp3) is 0.524. The molecule has 8 heteroatoms. The number of carboxylic acids is 2. The van der Waals surface area contributed by atoms with Crippen LogP contribution in [0.2, 0.25) is 0 Å². The maximum absolute atomic E-state index is 10.5. The highest BCUT2D eigenvalue weighted by molar-refractivity contribution is 5.89. The van der Waals surface area contributed by atoms with Gasteiger partial charge in [-0.3, -0.25) is 4.90 Å². The zero-order chi connectivity index (χ0) is 21.6. The molecule has 1 aliphatic heterocycles. The van der Waals surface area contributed by atoms with Crippen LogP contribution in [-0.4, -0.2) is 70.6 Å².